The molecule has 7 heteroatoms. The van der Waals surface area contributed by atoms with Crippen molar-refractivity contribution >= 4 is 16.8 Å². The van der Waals surface area contributed by atoms with Crippen LogP contribution in [-0.2, 0) is 11.3 Å². The van der Waals surface area contributed by atoms with Crippen LogP contribution in [0.2, 0.25) is 0 Å². The lowest BCUT2D eigenvalue weighted by atomic mass is 9.96. The minimum Gasteiger partial charge on any atom is -0.339 e. The first kappa shape index (κ1) is 21.9. The van der Waals surface area contributed by atoms with Crippen molar-refractivity contribution in [2.45, 2.75) is 12.6 Å². The minimum absolute atomic E-state index is 0.100. The van der Waals surface area contributed by atoms with Crippen molar-refractivity contribution in [1.82, 2.24) is 19.4 Å². The summed E-state index contributed by atoms with van der Waals surface area (Å²) in [7, 11) is 0. The van der Waals surface area contributed by atoms with Crippen LogP contribution < -0.4 is 11.2 Å². The van der Waals surface area contributed by atoms with E-state index >= 15 is 0 Å². The number of para-hydroxylation sites is 1. The highest BCUT2D eigenvalue weighted by molar-refractivity contribution is 5.81. The highest BCUT2D eigenvalue weighted by Crippen LogP contribution is 2.29. The van der Waals surface area contributed by atoms with Crippen molar-refractivity contribution in [3.05, 3.63) is 117 Å². The Morgan fingerprint density at radius 1 is 0.765 bits per heavy atom. The van der Waals surface area contributed by atoms with Gasteiger partial charge in [0.15, 0.2) is 0 Å². The zero-order chi connectivity index (χ0) is 23.5. The molecule has 4 aromatic rings. The maximum Gasteiger partial charge on any atom is 0.329 e. The molecule has 1 aromatic heterocycles. The van der Waals surface area contributed by atoms with E-state index in [1.807, 2.05) is 12.1 Å². The SMILES string of the molecule is O=C(Cn1c(=O)[nH]c(=O)c2ccccc21)N1CCN(C(c2ccccc2)c2ccccc2)CC1. The Kier molecular flexibility index (Phi) is 6.10. The number of hydrogen-bond donors (Lipinski definition) is 1. The van der Waals surface area contributed by atoms with Gasteiger partial charge in [0.1, 0.15) is 6.54 Å². The summed E-state index contributed by atoms with van der Waals surface area (Å²) in [6.07, 6.45) is 0. The number of carbonyl (C=O) groups is 1. The smallest absolute Gasteiger partial charge is 0.329 e. The van der Waals surface area contributed by atoms with Crippen molar-refractivity contribution in [3.63, 3.8) is 0 Å². The van der Waals surface area contributed by atoms with Gasteiger partial charge in [-0.05, 0) is 23.3 Å². The molecule has 0 unspecified atom stereocenters. The molecule has 3 aromatic carbocycles. The van der Waals surface area contributed by atoms with Crippen molar-refractivity contribution in [2.24, 2.45) is 0 Å². The topological polar surface area (TPSA) is 78.4 Å². The second-order valence-corrected chi connectivity index (χ2v) is 8.50. The summed E-state index contributed by atoms with van der Waals surface area (Å²) >= 11 is 0. The molecule has 1 fully saturated rings. The monoisotopic (exact) mass is 454 g/mol. The number of H-pyrrole nitrogens is 1. The number of hydrogen-bond acceptors (Lipinski definition) is 4. The molecule has 1 amide bonds. The number of nitrogens with one attached hydrogen (secondary N) is 1. The Morgan fingerprint density at radius 2 is 1.32 bits per heavy atom. The van der Waals surface area contributed by atoms with Gasteiger partial charge in [-0.2, -0.15) is 0 Å². The Morgan fingerprint density at radius 3 is 1.94 bits per heavy atom. The van der Waals surface area contributed by atoms with Gasteiger partial charge in [0.05, 0.1) is 16.9 Å². The second kappa shape index (κ2) is 9.49. The molecule has 7 nitrogen and oxygen atoms in total. The standard InChI is InChI=1S/C27H26N4O3/c32-24(19-31-23-14-8-7-13-22(23)26(33)28-27(31)34)29-15-17-30(18-16-29)25(20-9-3-1-4-10-20)21-11-5-2-6-12-21/h1-14,25H,15-19H2,(H,28,33,34). The largest absolute Gasteiger partial charge is 0.339 e. The average Bonchev–Trinajstić information content (AvgIpc) is 2.88. The van der Waals surface area contributed by atoms with Crippen LogP contribution in [0, 0.1) is 0 Å². The van der Waals surface area contributed by atoms with Crippen LogP contribution in [0.3, 0.4) is 0 Å². The fourth-order valence-corrected chi connectivity index (χ4v) is 4.75. The first-order valence-corrected chi connectivity index (χ1v) is 11.5. The highest BCUT2D eigenvalue weighted by Gasteiger charge is 2.28. The predicted molar refractivity (Wildman–Crippen MR) is 132 cm³/mol. The lowest BCUT2D eigenvalue weighted by Gasteiger charge is -2.40. The van der Waals surface area contributed by atoms with E-state index in [2.05, 4.69) is 58.4 Å². The molecule has 0 saturated carbocycles. The van der Waals surface area contributed by atoms with Crippen LogP contribution in [0.15, 0.2) is 94.5 Å². The quantitative estimate of drug-likeness (QED) is 0.503. The Labute approximate surface area is 196 Å². The number of aromatic amines is 1. The normalized spacial score (nSPS) is 14.6. The predicted octanol–water partition coefficient (Wildman–Crippen LogP) is 2.62. The first-order valence-electron chi connectivity index (χ1n) is 11.5. The van der Waals surface area contributed by atoms with Crippen molar-refractivity contribution in [2.75, 3.05) is 26.2 Å². The van der Waals surface area contributed by atoms with Crippen molar-refractivity contribution in [3.8, 4) is 0 Å². The molecule has 1 aliphatic heterocycles. The van der Waals surface area contributed by atoms with E-state index in [9.17, 15) is 14.4 Å². The van der Waals surface area contributed by atoms with Crippen LogP contribution >= 0.6 is 0 Å². The van der Waals surface area contributed by atoms with Crippen molar-refractivity contribution < 1.29 is 4.79 Å². The molecule has 0 atom stereocenters. The van der Waals surface area contributed by atoms with Gasteiger partial charge in [0.2, 0.25) is 5.91 Å². The van der Waals surface area contributed by atoms with Gasteiger partial charge >= 0.3 is 5.69 Å². The van der Waals surface area contributed by atoms with Crippen LogP contribution in [0.25, 0.3) is 10.9 Å². The number of piperazine rings is 1. The zero-order valence-electron chi connectivity index (χ0n) is 18.8. The van der Waals surface area contributed by atoms with E-state index in [1.165, 1.54) is 15.7 Å². The molecule has 0 spiro atoms. The number of aromatic nitrogens is 2. The summed E-state index contributed by atoms with van der Waals surface area (Å²) in [6.45, 7) is 2.50. The fourth-order valence-electron chi connectivity index (χ4n) is 4.75. The molecule has 34 heavy (non-hydrogen) atoms. The molecule has 0 bridgehead atoms. The second-order valence-electron chi connectivity index (χ2n) is 8.50. The third kappa shape index (κ3) is 4.30. The summed E-state index contributed by atoms with van der Waals surface area (Å²) in [5.74, 6) is -0.130. The van der Waals surface area contributed by atoms with Gasteiger partial charge in [-0.25, -0.2) is 4.79 Å². The lowest BCUT2D eigenvalue weighted by molar-refractivity contribution is -0.133. The molecule has 0 aliphatic carbocycles. The van der Waals surface area contributed by atoms with Gasteiger partial charge in [0.25, 0.3) is 5.56 Å². The molecule has 1 aliphatic rings. The van der Waals surface area contributed by atoms with Gasteiger partial charge in [0, 0.05) is 26.2 Å². The molecular formula is C27H26N4O3. The molecule has 0 radical (unpaired) electrons. The van der Waals surface area contributed by atoms with Gasteiger partial charge < -0.3 is 4.90 Å². The lowest BCUT2D eigenvalue weighted by Crippen LogP contribution is -2.51. The third-order valence-corrected chi connectivity index (χ3v) is 6.46. The molecule has 172 valence electrons. The Bertz CT molecular complexity index is 1370. The third-order valence-electron chi connectivity index (χ3n) is 6.46. The summed E-state index contributed by atoms with van der Waals surface area (Å²) in [6, 6.07) is 27.8. The van der Waals surface area contributed by atoms with E-state index in [-0.39, 0.29) is 18.5 Å². The Balaban J connectivity index is 1.33. The fraction of sp³-hybridized carbons (Fsp3) is 0.222. The molecule has 5 rings (SSSR count). The van der Waals surface area contributed by atoms with Gasteiger partial charge in [-0.15, -0.1) is 0 Å². The zero-order valence-corrected chi connectivity index (χ0v) is 18.8. The number of carbonyl (C=O) groups excluding carboxylic acids is 1. The van der Waals surface area contributed by atoms with E-state index in [4.69, 9.17) is 0 Å². The summed E-state index contributed by atoms with van der Waals surface area (Å²) in [5.41, 5.74) is 1.91. The summed E-state index contributed by atoms with van der Waals surface area (Å²) < 4.78 is 1.35. The maximum atomic E-state index is 13.1. The summed E-state index contributed by atoms with van der Waals surface area (Å²) in [4.78, 5) is 44.2. The molecule has 1 N–H and O–H groups in total. The van der Waals surface area contributed by atoms with Crippen LogP contribution in [0.1, 0.15) is 17.2 Å². The molecule has 2 heterocycles. The van der Waals surface area contributed by atoms with Crippen LogP contribution in [-0.4, -0.2) is 51.4 Å². The van der Waals surface area contributed by atoms with Crippen molar-refractivity contribution in [1.29, 1.82) is 0 Å². The average molecular weight is 455 g/mol. The number of fused-ring (bicyclic) bond motifs is 1. The van der Waals surface area contributed by atoms with Gasteiger partial charge in [-0.3, -0.25) is 24.0 Å². The van der Waals surface area contributed by atoms with Gasteiger partial charge in [-0.1, -0.05) is 72.8 Å². The van der Waals surface area contributed by atoms with E-state index in [0.29, 0.717) is 24.0 Å². The van der Waals surface area contributed by atoms with Crippen LogP contribution in [0.5, 0.6) is 0 Å². The number of nitrogens with zero attached hydrogens (tertiary/aromatic N) is 3. The number of rotatable bonds is 5. The maximum absolute atomic E-state index is 13.1. The number of amides is 1. The Hall–Kier alpha value is -3.97. The molecular weight excluding hydrogens is 428 g/mol. The number of benzene rings is 3. The van der Waals surface area contributed by atoms with E-state index < -0.39 is 11.2 Å². The summed E-state index contributed by atoms with van der Waals surface area (Å²) in [5, 5.41) is 0.397. The molecule has 1 saturated heterocycles. The van der Waals surface area contributed by atoms with E-state index in [1.54, 1.807) is 29.2 Å². The van der Waals surface area contributed by atoms with Crippen LogP contribution in [0.4, 0.5) is 0 Å². The van der Waals surface area contributed by atoms with E-state index in [0.717, 1.165) is 13.1 Å². The first-order chi connectivity index (χ1) is 16.6. The minimum atomic E-state index is -0.566. The highest BCUT2D eigenvalue weighted by atomic mass is 16.2.